The smallest absolute Gasteiger partial charge is 0.201 e. The monoisotopic (exact) mass is 464 g/mol. The molecule has 0 spiro atoms. The molecule has 0 atom stereocenters. The second kappa shape index (κ2) is 10.9. The van der Waals surface area contributed by atoms with Crippen LogP contribution in [0.4, 0.5) is 13.2 Å². The van der Waals surface area contributed by atoms with Gasteiger partial charge in [0.1, 0.15) is 13.7 Å². The van der Waals surface area contributed by atoms with Gasteiger partial charge in [-0.2, -0.15) is 4.39 Å². The summed E-state index contributed by atoms with van der Waals surface area (Å²) in [5.41, 5.74) is 2.29. The first-order chi connectivity index (χ1) is 16.5. The first-order valence-corrected chi connectivity index (χ1v) is 11.1. The van der Waals surface area contributed by atoms with Gasteiger partial charge in [-0.05, 0) is 47.7 Å². The Bertz CT molecular complexity index is 1140. The zero-order chi connectivity index (χ0) is 24.1. The molecule has 1 fully saturated rings. The number of hydrogen-bond donors (Lipinski definition) is 0. The van der Waals surface area contributed by atoms with Gasteiger partial charge in [-0.3, -0.25) is 0 Å². The molecule has 1 aliphatic rings. The minimum atomic E-state index is -1.09. The second-order valence-electron chi connectivity index (χ2n) is 8.09. The molecule has 0 bridgehead atoms. The molecule has 0 N–H and O–H groups in total. The minimum Gasteiger partial charge on any atom is -0.500 e. The van der Waals surface area contributed by atoms with Crippen LogP contribution >= 0.6 is 0 Å². The van der Waals surface area contributed by atoms with Gasteiger partial charge in [-0.1, -0.05) is 42.5 Å². The van der Waals surface area contributed by atoms with Gasteiger partial charge in [0.05, 0.1) is 13.2 Å². The number of allylic oxidation sites excluding steroid dienone is 1. The molecular weight excluding hydrogens is 440 g/mol. The molecule has 3 aromatic carbocycles. The van der Waals surface area contributed by atoms with E-state index < -0.39 is 23.7 Å². The third kappa shape index (κ3) is 5.21. The van der Waals surface area contributed by atoms with E-state index in [4.69, 9.17) is 22.1 Å². The molecule has 0 saturated carbocycles. The average molecular weight is 464 g/mol. The Balaban J connectivity index is 1.48. The van der Waals surface area contributed by atoms with Crippen LogP contribution < -0.4 is 4.74 Å². The average Bonchev–Trinajstić information content (AvgIpc) is 2.86. The Morgan fingerprint density at radius 2 is 1.59 bits per heavy atom. The lowest BCUT2D eigenvalue weighted by Gasteiger charge is -2.29. The summed E-state index contributed by atoms with van der Waals surface area (Å²) in [6, 6.07) is 14.4. The highest BCUT2D eigenvalue weighted by molar-refractivity contribution is 6.08. The quantitative estimate of drug-likeness (QED) is 0.279. The summed E-state index contributed by atoms with van der Waals surface area (Å²) in [6.45, 7) is 4.49. The third-order valence-corrected chi connectivity index (χ3v) is 5.81. The molecule has 7 heteroatoms. The maximum atomic E-state index is 14.9. The van der Waals surface area contributed by atoms with Crippen LogP contribution in [0.15, 0.2) is 67.3 Å². The fourth-order valence-electron chi connectivity index (χ4n) is 3.94. The lowest BCUT2D eigenvalue weighted by atomic mass is 9.98. The third-order valence-electron chi connectivity index (χ3n) is 5.81. The molecule has 0 aliphatic carbocycles. The number of benzene rings is 3. The highest BCUT2D eigenvalue weighted by Crippen LogP contribution is 2.33. The van der Waals surface area contributed by atoms with Crippen molar-refractivity contribution >= 4 is 7.85 Å². The maximum absolute atomic E-state index is 14.9. The van der Waals surface area contributed by atoms with Crippen molar-refractivity contribution in [1.82, 2.24) is 0 Å². The highest BCUT2D eigenvalue weighted by Gasteiger charge is 2.25. The minimum absolute atomic E-state index is 0.0907. The van der Waals surface area contributed by atoms with E-state index in [1.807, 2.05) is 6.08 Å². The number of rotatable bonds is 8. The molecule has 0 amide bonds. The summed E-state index contributed by atoms with van der Waals surface area (Å²) in [4.78, 5) is 0. The van der Waals surface area contributed by atoms with Crippen molar-refractivity contribution < 1.29 is 27.4 Å². The molecule has 0 unspecified atom stereocenters. The van der Waals surface area contributed by atoms with Crippen LogP contribution in [0.3, 0.4) is 0 Å². The highest BCUT2D eigenvalue weighted by atomic mass is 19.2. The summed E-state index contributed by atoms with van der Waals surface area (Å²) < 4.78 is 59.9. The van der Waals surface area contributed by atoms with E-state index in [9.17, 15) is 13.2 Å². The van der Waals surface area contributed by atoms with Crippen LogP contribution in [0, 0.1) is 23.4 Å². The van der Waals surface area contributed by atoms with Gasteiger partial charge in [0, 0.05) is 23.6 Å². The fraction of sp³-hybridized carbons (Fsp3) is 0.259. The van der Waals surface area contributed by atoms with Gasteiger partial charge in [0.25, 0.3) is 0 Å². The Morgan fingerprint density at radius 1 is 0.912 bits per heavy atom. The van der Waals surface area contributed by atoms with Crippen LogP contribution in [0.25, 0.3) is 22.3 Å². The second-order valence-corrected chi connectivity index (χ2v) is 8.09. The Morgan fingerprint density at radius 3 is 2.24 bits per heavy atom. The van der Waals surface area contributed by atoms with Crippen LogP contribution in [0.1, 0.15) is 24.7 Å². The van der Waals surface area contributed by atoms with Crippen molar-refractivity contribution in [2.24, 2.45) is 5.92 Å². The SMILES string of the molecule is [B]COc1ccc(-c2ccc(-c3ccc(C4OCC(CCC=C)CO4)c(F)c3)cc2)c(F)c1F. The molecule has 1 heterocycles. The van der Waals surface area contributed by atoms with Crippen LogP contribution in [-0.4, -0.2) is 27.6 Å². The van der Waals surface area contributed by atoms with Gasteiger partial charge in [-0.15, -0.1) is 6.58 Å². The van der Waals surface area contributed by atoms with E-state index in [1.165, 1.54) is 18.2 Å². The normalized spacial score (nSPS) is 18.0. The van der Waals surface area contributed by atoms with Crippen molar-refractivity contribution in [1.29, 1.82) is 0 Å². The Labute approximate surface area is 198 Å². The lowest BCUT2D eigenvalue weighted by Crippen LogP contribution is -2.27. The molecule has 3 nitrogen and oxygen atoms in total. The standard InChI is InChI=1S/C27H24BF3O3/c1-2-3-4-17-14-32-27(33-15-17)22-10-9-20(13-23(22)29)18-5-7-19(8-6-18)21-11-12-24(34-16-28)26(31)25(21)30/h2,5-13,17,27H,1,3-4,14-16H2. The van der Waals surface area contributed by atoms with Gasteiger partial charge >= 0.3 is 0 Å². The van der Waals surface area contributed by atoms with Gasteiger partial charge in [0.15, 0.2) is 17.9 Å². The molecule has 2 radical (unpaired) electrons. The van der Waals surface area contributed by atoms with E-state index in [1.54, 1.807) is 36.4 Å². The van der Waals surface area contributed by atoms with E-state index in [-0.39, 0.29) is 23.7 Å². The van der Waals surface area contributed by atoms with Crippen molar-refractivity contribution in [3.8, 4) is 28.0 Å². The van der Waals surface area contributed by atoms with Gasteiger partial charge in [-0.25, -0.2) is 8.78 Å². The molecule has 1 saturated heterocycles. The van der Waals surface area contributed by atoms with Crippen LogP contribution in [0.2, 0.25) is 0 Å². The molecule has 1 aliphatic heterocycles. The van der Waals surface area contributed by atoms with Crippen molar-refractivity contribution in [3.63, 3.8) is 0 Å². The summed E-state index contributed by atoms with van der Waals surface area (Å²) in [6.07, 6.45) is 2.94. The summed E-state index contributed by atoms with van der Waals surface area (Å²) >= 11 is 0. The van der Waals surface area contributed by atoms with Gasteiger partial charge < -0.3 is 14.2 Å². The Hall–Kier alpha value is -3.03. The van der Waals surface area contributed by atoms with Crippen molar-refractivity contribution in [3.05, 3.63) is 90.3 Å². The molecule has 0 aromatic heterocycles. The van der Waals surface area contributed by atoms with Crippen molar-refractivity contribution in [2.45, 2.75) is 19.1 Å². The number of hydrogen-bond acceptors (Lipinski definition) is 3. The van der Waals surface area contributed by atoms with E-state index in [0.717, 1.165) is 18.4 Å². The van der Waals surface area contributed by atoms with Crippen LogP contribution in [0.5, 0.6) is 5.75 Å². The van der Waals surface area contributed by atoms with E-state index in [0.29, 0.717) is 29.9 Å². The van der Waals surface area contributed by atoms with Gasteiger partial charge in [0.2, 0.25) is 5.82 Å². The lowest BCUT2D eigenvalue weighted by molar-refractivity contribution is -0.207. The number of ether oxygens (including phenoxy) is 3. The first kappa shape index (κ1) is 24.1. The summed E-state index contributed by atoms with van der Waals surface area (Å²) in [7, 11) is 5.23. The zero-order valence-corrected chi connectivity index (χ0v) is 18.6. The first-order valence-electron chi connectivity index (χ1n) is 11.1. The predicted octanol–water partition coefficient (Wildman–Crippen LogP) is 6.57. The molecule has 174 valence electrons. The summed E-state index contributed by atoms with van der Waals surface area (Å²) in [5, 5.41) is 0. The maximum Gasteiger partial charge on any atom is 0.201 e. The molecule has 4 rings (SSSR count). The predicted molar refractivity (Wildman–Crippen MR) is 126 cm³/mol. The largest absolute Gasteiger partial charge is 0.500 e. The topological polar surface area (TPSA) is 27.7 Å². The zero-order valence-electron chi connectivity index (χ0n) is 18.6. The molecular formula is C27H24BF3O3. The van der Waals surface area contributed by atoms with Crippen molar-refractivity contribution in [2.75, 3.05) is 19.7 Å². The van der Waals surface area contributed by atoms with E-state index >= 15 is 0 Å². The number of halogens is 3. The van der Waals surface area contributed by atoms with E-state index in [2.05, 4.69) is 6.58 Å². The molecule has 34 heavy (non-hydrogen) atoms. The van der Waals surface area contributed by atoms with Crippen LogP contribution in [-0.2, 0) is 9.47 Å². The Kier molecular flexibility index (Phi) is 7.75. The fourth-order valence-corrected chi connectivity index (χ4v) is 3.94. The summed E-state index contributed by atoms with van der Waals surface area (Å²) in [5.74, 6) is -2.51. The molecule has 3 aromatic rings.